The molecule has 0 N–H and O–H groups in total. The Bertz CT molecular complexity index is 3190. The average Bonchev–Trinajstić information content (AvgIpc) is 4.08. The van der Waals surface area contributed by atoms with Crippen molar-refractivity contribution in [3.8, 4) is 29.5 Å². The lowest BCUT2D eigenvalue weighted by Gasteiger charge is -2.42. The lowest BCUT2D eigenvalue weighted by Crippen LogP contribution is -2.57. The summed E-state index contributed by atoms with van der Waals surface area (Å²) < 4.78 is 44.3. The number of aromatic nitrogens is 4. The van der Waals surface area contributed by atoms with Crippen LogP contribution in [0.2, 0.25) is 0 Å². The Hall–Kier alpha value is -7.17. The molecule has 5 aromatic carbocycles. The first-order chi connectivity index (χ1) is 32.9. The van der Waals surface area contributed by atoms with Gasteiger partial charge in [-0.2, -0.15) is 15.1 Å². The van der Waals surface area contributed by atoms with E-state index >= 15 is 4.39 Å². The summed E-state index contributed by atoms with van der Waals surface area (Å²) in [4.78, 5) is 35.8. The molecular formula is C55H52F2N8O3. The summed E-state index contributed by atoms with van der Waals surface area (Å²) in [7, 11) is 1.87. The number of ether oxygens (including phenoxy) is 2. The van der Waals surface area contributed by atoms with Gasteiger partial charge >= 0.3 is 12.1 Å². The van der Waals surface area contributed by atoms with E-state index in [4.69, 9.17) is 36.0 Å². The van der Waals surface area contributed by atoms with Crippen LogP contribution in [0.5, 0.6) is 6.01 Å². The normalized spacial score (nSPS) is 20.9. The first-order valence-corrected chi connectivity index (χ1v) is 23.4. The van der Waals surface area contributed by atoms with Gasteiger partial charge in [-0.3, -0.25) is 14.5 Å². The fraction of sp³-hybridized carbons (Fsp3) is 0.327. The minimum absolute atomic E-state index is 0.0969. The second-order valence-corrected chi connectivity index (χ2v) is 19.7. The molecule has 4 fully saturated rings. The molecule has 4 saturated heterocycles. The molecule has 6 heterocycles. The lowest BCUT2D eigenvalue weighted by atomic mass is 9.91. The summed E-state index contributed by atoms with van der Waals surface area (Å²) in [6.07, 6.45) is 12.7. The maximum atomic E-state index is 15.9. The molecule has 0 radical (unpaired) electrons. The molecule has 11 nitrogen and oxygen atoms in total. The molecule has 11 rings (SSSR count). The van der Waals surface area contributed by atoms with Gasteiger partial charge in [-0.25, -0.2) is 18.6 Å². The van der Waals surface area contributed by atoms with E-state index in [1.54, 1.807) is 10.7 Å². The van der Waals surface area contributed by atoms with Crippen molar-refractivity contribution >= 4 is 55.9 Å². The number of carbonyl (C=O) groups excluding carboxylic acids is 1. The number of terminal acetylenes is 1. The molecule has 0 saturated carbocycles. The second kappa shape index (κ2) is 16.9. The van der Waals surface area contributed by atoms with Gasteiger partial charge in [0, 0.05) is 60.3 Å². The Kier molecular flexibility index (Phi) is 10.8. The summed E-state index contributed by atoms with van der Waals surface area (Å²) in [5, 5.41) is 7.91. The van der Waals surface area contributed by atoms with Gasteiger partial charge in [-0.05, 0) is 100 Å². The maximum Gasteiger partial charge on any atom is 0.410 e. The van der Waals surface area contributed by atoms with E-state index in [1.165, 1.54) is 6.07 Å². The highest BCUT2D eigenvalue weighted by Gasteiger charge is 2.48. The first-order valence-electron chi connectivity index (χ1n) is 23.4. The van der Waals surface area contributed by atoms with Crippen LogP contribution >= 0.6 is 0 Å². The van der Waals surface area contributed by atoms with E-state index in [-0.39, 0.29) is 41.9 Å². The van der Waals surface area contributed by atoms with Gasteiger partial charge in [0.25, 0.3) is 0 Å². The third-order valence-corrected chi connectivity index (χ3v) is 14.1. The summed E-state index contributed by atoms with van der Waals surface area (Å²) in [6, 6.07) is 29.1. The molecule has 4 aliphatic rings. The number of rotatable bonds is 8. The second-order valence-electron chi connectivity index (χ2n) is 19.7. The van der Waals surface area contributed by atoms with Crippen molar-refractivity contribution in [2.75, 3.05) is 37.7 Å². The predicted molar refractivity (Wildman–Crippen MR) is 263 cm³/mol. The van der Waals surface area contributed by atoms with E-state index in [0.29, 0.717) is 70.5 Å². The molecule has 4 aliphatic heterocycles. The topological polar surface area (TPSA) is 101 Å². The number of hydrogen-bond acceptors (Lipinski definition) is 9. The molecule has 1 amide bonds. The Morgan fingerprint density at radius 2 is 1.68 bits per heavy atom. The van der Waals surface area contributed by atoms with Crippen molar-refractivity contribution in [3.63, 3.8) is 0 Å². The number of hydrogen-bond donors (Lipinski definition) is 0. The Labute approximate surface area is 394 Å². The third kappa shape index (κ3) is 7.70. The van der Waals surface area contributed by atoms with Gasteiger partial charge in [0.2, 0.25) is 0 Å². The molecule has 0 unspecified atom stereocenters. The molecule has 13 heteroatoms. The van der Waals surface area contributed by atoms with Gasteiger partial charge in [0.1, 0.15) is 29.4 Å². The van der Waals surface area contributed by atoms with E-state index in [0.717, 1.165) is 71.7 Å². The van der Waals surface area contributed by atoms with Gasteiger partial charge in [0.15, 0.2) is 0 Å². The lowest BCUT2D eigenvalue weighted by molar-refractivity contribution is 0.0122. The standard InChI is InChI=1S/C55H52F2N8O3/c1-6-41-45(57)21-18-37-24-38(58-49(35-14-9-7-10-15-35)36-16-11-8-12-17-36)25-42(47(37)41)43-26-46-48(44-32-62(5)61-50(43)44)51(63-30-39-19-20-40(31-63)65(39)53(66)68-54(2,3)4)60-52(59-46)67-33-55-22-13-23-64(55)29-34(27-55)28-56/h1,7-12,14-18,21,24-26,28,32,39-40H,13,19-20,22-23,27,29-31,33H2,2-5H3/b34-28-/t39-,40+,55-/m0/s1. The molecule has 2 aromatic heterocycles. The highest BCUT2D eigenvalue weighted by Crippen LogP contribution is 2.46. The molecule has 0 spiro atoms. The predicted octanol–water partition coefficient (Wildman–Crippen LogP) is 10.7. The third-order valence-electron chi connectivity index (χ3n) is 14.1. The first kappa shape index (κ1) is 43.4. The van der Waals surface area contributed by atoms with Crippen LogP contribution in [-0.2, 0) is 11.8 Å². The number of halogens is 2. The smallest absolute Gasteiger partial charge is 0.410 e. The number of anilines is 1. The summed E-state index contributed by atoms with van der Waals surface area (Å²) >= 11 is 0. The fourth-order valence-corrected chi connectivity index (χ4v) is 11.2. The SMILES string of the molecule is C#Cc1c(F)ccc2cc(N=C(c3ccccc3)c3ccccc3)cc(-c3cc4nc(OC[C@@]56CCCN5C/C(=C\F)C6)nc(N5C[C@H]6CC[C@@H](C5)N6C(=O)OC(C)(C)C)c4c4cn(C)nc34)c12. The highest BCUT2D eigenvalue weighted by atomic mass is 19.1. The number of nitrogens with zero attached hydrogens (tertiary/aromatic N) is 8. The Morgan fingerprint density at radius 1 is 0.956 bits per heavy atom. The zero-order chi connectivity index (χ0) is 46.9. The zero-order valence-electron chi connectivity index (χ0n) is 38.7. The fourth-order valence-electron chi connectivity index (χ4n) is 11.2. The Balaban J connectivity index is 1.11. The number of piperazine rings is 1. The summed E-state index contributed by atoms with van der Waals surface area (Å²) in [5.41, 5.74) is 5.75. The van der Waals surface area contributed by atoms with E-state index < -0.39 is 11.4 Å². The van der Waals surface area contributed by atoms with Crippen molar-refractivity contribution < 1.29 is 23.0 Å². The number of aryl methyl sites for hydroxylation is 1. The summed E-state index contributed by atoms with van der Waals surface area (Å²) in [5.74, 6) is 2.82. The van der Waals surface area contributed by atoms with Crippen LogP contribution in [-0.4, -0.2) is 97.4 Å². The monoisotopic (exact) mass is 910 g/mol. The van der Waals surface area contributed by atoms with Crippen molar-refractivity contribution in [1.29, 1.82) is 0 Å². The number of fused-ring (bicyclic) bond motifs is 7. The maximum absolute atomic E-state index is 15.9. The molecule has 3 atom stereocenters. The van der Waals surface area contributed by atoms with Crippen molar-refractivity contribution in [2.45, 2.75) is 76.1 Å². The van der Waals surface area contributed by atoms with Crippen LogP contribution in [0.1, 0.15) is 69.6 Å². The van der Waals surface area contributed by atoms with Crippen molar-refractivity contribution in [2.24, 2.45) is 12.0 Å². The minimum Gasteiger partial charge on any atom is -0.461 e. The van der Waals surface area contributed by atoms with Gasteiger partial charge in [0.05, 0.1) is 51.8 Å². The van der Waals surface area contributed by atoms with E-state index in [2.05, 4.69) is 15.7 Å². The van der Waals surface area contributed by atoms with Crippen molar-refractivity contribution in [3.05, 3.63) is 132 Å². The minimum atomic E-state index is -0.628. The number of amides is 1. The zero-order valence-corrected chi connectivity index (χ0v) is 38.7. The van der Waals surface area contributed by atoms with E-state index in [9.17, 15) is 9.18 Å². The van der Waals surface area contributed by atoms with Crippen LogP contribution in [0.4, 0.5) is 25.1 Å². The van der Waals surface area contributed by atoms with Crippen LogP contribution in [0.25, 0.3) is 43.7 Å². The molecule has 68 heavy (non-hydrogen) atoms. The number of carbonyl (C=O) groups is 1. The molecule has 344 valence electrons. The molecule has 7 aromatic rings. The Morgan fingerprint density at radius 3 is 2.35 bits per heavy atom. The quantitative estimate of drug-likeness (QED) is 0.110. The molecule has 2 bridgehead atoms. The van der Waals surface area contributed by atoms with Gasteiger partial charge < -0.3 is 14.4 Å². The van der Waals surface area contributed by atoms with Gasteiger partial charge in [-0.15, -0.1) is 6.42 Å². The number of benzene rings is 5. The average molecular weight is 911 g/mol. The number of aliphatic imine (C=N–C) groups is 1. The van der Waals surface area contributed by atoms with Crippen LogP contribution in [0.15, 0.2) is 114 Å². The van der Waals surface area contributed by atoms with Crippen LogP contribution < -0.4 is 9.64 Å². The van der Waals surface area contributed by atoms with E-state index in [1.807, 2.05) is 118 Å². The van der Waals surface area contributed by atoms with Crippen molar-refractivity contribution in [1.82, 2.24) is 29.5 Å². The molecule has 0 aliphatic carbocycles. The molecular weight excluding hydrogens is 859 g/mol. The summed E-state index contributed by atoms with van der Waals surface area (Å²) in [6.45, 7) is 8.44. The van der Waals surface area contributed by atoms with Crippen LogP contribution in [0.3, 0.4) is 0 Å². The van der Waals surface area contributed by atoms with Gasteiger partial charge in [-0.1, -0.05) is 72.7 Å². The highest BCUT2D eigenvalue weighted by molar-refractivity contribution is 6.19. The largest absolute Gasteiger partial charge is 0.461 e. The van der Waals surface area contributed by atoms with Crippen LogP contribution in [0, 0.1) is 18.2 Å².